The van der Waals surface area contributed by atoms with Gasteiger partial charge in [-0.05, 0) is 30.4 Å². The lowest BCUT2D eigenvalue weighted by atomic mass is 9.94. The maximum atomic E-state index is 12.8. The number of nitrogens with zero attached hydrogens (tertiary/aromatic N) is 1. The summed E-state index contributed by atoms with van der Waals surface area (Å²) in [5.41, 5.74) is 2.46. The molecule has 1 amide bonds. The molecule has 23 heavy (non-hydrogen) atoms. The van der Waals surface area contributed by atoms with Crippen molar-refractivity contribution in [3.8, 4) is 0 Å². The molecule has 2 heterocycles. The van der Waals surface area contributed by atoms with Crippen LogP contribution in [0.2, 0.25) is 0 Å². The van der Waals surface area contributed by atoms with Gasteiger partial charge in [-0.15, -0.1) is 0 Å². The SMILES string of the molecule is CS(=O)(=O)N[C@H]1CCCN(C(=O)[C@H]2Cc3ccccc3CN2)C1. The number of carbonyl (C=O) groups excluding carboxylic acids is 1. The fraction of sp³-hybridized carbons (Fsp3) is 0.562. The lowest BCUT2D eigenvalue weighted by Gasteiger charge is -2.36. The Kier molecular flexibility index (Phi) is 4.70. The van der Waals surface area contributed by atoms with Crippen LogP contribution in [-0.4, -0.2) is 50.7 Å². The average molecular weight is 337 g/mol. The van der Waals surface area contributed by atoms with Gasteiger partial charge in [-0.25, -0.2) is 13.1 Å². The minimum atomic E-state index is -3.24. The molecule has 2 aliphatic rings. The summed E-state index contributed by atoms with van der Waals surface area (Å²) >= 11 is 0. The average Bonchev–Trinajstić information content (AvgIpc) is 2.52. The van der Waals surface area contributed by atoms with E-state index in [9.17, 15) is 13.2 Å². The number of benzene rings is 1. The van der Waals surface area contributed by atoms with Gasteiger partial charge in [0.15, 0.2) is 0 Å². The lowest BCUT2D eigenvalue weighted by Crippen LogP contribution is -2.55. The second kappa shape index (κ2) is 6.59. The van der Waals surface area contributed by atoms with Crippen molar-refractivity contribution < 1.29 is 13.2 Å². The molecule has 0 spiro atoms. The van der Waals surface area contributed by atoms with Crippen LogP contribution in [0.25, 0.3) is 0 Å². The monoisotopic (exact) mass is 337 g/mol. The Bertz CT molecular complexity index is 690. The topological polar surface area (TPSA) is 78.5 Å². The first-order valence-electron chi connectivity index (χ1n) is 7.98. The van der Waals surface area contributed by atoms with Gasteiger partial charge >= 0.3 is 0 Å². The molecular weight excluding hydrogens is 314 g/mol. The van der Waals surface area contributed by atoms with Crippen molar-refractivity contribution in [2.75, 3.05) is 19.3 Å². The highest BCUT2D eigenvalue weighted by Gasteiger charge is 2.31. The molecule has 6 nitrogen and oxygen atoms in total. The minimum absolute atomic E-state index is 0.0690. The van der Waals surface area contributed by atoms with E-state index < -0.39 is 10.0 Å². The molecule has 1 aromatic carbocycles. The Balaban J connectivity index is 1.64. The first kappa shape index (κ1) is 16.4. The number of piperidine rings is 1. The predicted octanol–water partition coefficient (Wildman–Crippen LogP) is 0.241. The molecule has 2 aliphatic heterocycles. The van der Waals surface area contributed by atoms with Gasteiger partial charge in [-0.2, -0.15) is 0 Å². The van der Waals surface area contributed by atoms with E-state index in [-0.39, 0.29) is 18.0 Å². The molecule has 1 fully saturated rings. The molecule has 0 saturated carbocycles. The van der Waals surface area contributed by atoms with E-state index in [1.807, 2.05) is 12.1 Å². The molecule has 2 N–H and O–H groups in total. The Labute approximate surface area is 137 Å². The van der Waals surface area contributed by atoms with E-state index in [1.54, 1.807) is 4.90 Å². The molecule has 0 aromatic heterocycles. The third-order valence-electron chi connectivity index (χ3n) is 4.49. The number of nitrogens with one attached hydrogen (secondary N) is 2. The van der Waals surface area contributed by atoms with Crippen molar-refractivity contribution in [1.82, 2.24) is 14.9 Å². The van der Waals surface area contributed by atoms with Crippen molar-refractivity contribution >= 4 is 15.9 Å². The highest BCUT2D eigenvalue weighted by molar-refractivity contribution is 7.88. The van der Waals surface area contributed by atoms with E-state index >= 15 is 0 Å². The van der Waals surface area contributed by atoms with Crippen LogP contribution in [0.3, 0.4) is 0 Å². The van der Waals surface area contributed by atoms with Crippen molar-refractivity contribution in [2.24, 2.45) is 0 Å². The van der Waals surface area contributed by atoms with E-state index in [0.717, 1.165) is 19.1 Å². The van der Waals surface area contributed by atoms with Crippen LogP contribution in [-0.2, 0) is 27.8 Å². The van der Waals surface area contributed by atoms with Crippen molar-refractivity contribution in [3.63, 3.8) is 0 Å². The Morgan fingerprint density at radius 2 is 2.04 bits per heavy atom. The van der Waals surface area contributed by atoms with Crippen LogP contribution in [0.1, 0.15) is 24.0 Å². The summed E-state index contributed by atoms with van der Waals surface area (Å²) in [6.07, 6.45) is 3.45. The standard InChI is InChI=1S/C16H23N3O3S/c1-23(21,22)18-14-7-4-8-19(11-14)16(20)15-9-12-5-2-3-6-13(12)10-17-15/h2-3,5-6,14-15,17-18H,4,7-11H2,1H3/t14-,15+/m0/s1. The van der Waals surface area contributed by atoms with Crippen LogP contribution >= 0.6 is 0 Å². The van der Waals surface area contributed by atoms with E-state index in [2.05, 4.69) is 22.2 Å². The second-order valence-corrected chi connectivity index (χ2v) is 8.20. The molecule has 3 rings (SSSR count). The number of hydrogen-bond donors (Lipinski definition) is 2. The highest BCUT2D eigenvalue weighted by Crippen LogP contribution is 2.19. The summed E-state index contributed by atoms with van der Waals surface area (Å²) in [5, 5.41) is 3.31. The van der Waals surface area contributed by atoms with Gasteiger partial charge in [0.05, 0.1) is 12.3 Å². The van der Waals surface area contributed by atoms with Crippen molar-refractivity contribution in [2.45, 2.75) is 37.9 Å². The molecular formula is C16H23N3O3S. The third-order valence-corrected chi connectivity index (χ3v) is 5.25. The maximum Gasteiger partial charge on any atom is 0.240 e. The number of rotatable bonds is 3. The van der Waals surface area contributed by atoms with Crippen molar-refractivity contribution in [1.29, 1.82) is 0 Å². The van der Waals surface area contributed by atoms with Crippen LogP contribution in [0, 0.1) is 0 Å². The fourth-order valence-electron chi connectivity index (χ4n) is 3.43. The van der Waals surface area contributed by atoms with Crippen molar-refractivity contribution in [3.05, 3.63) is 35.4 Å². The zero-order valence-corrected chi connectivity index (χ0v) is 14.1. The van der Waals surface area contributed by atoms with Gasteiger partial charge in [0.1, 0.15) is 0 Å². The smallest absolute Gasteiger partial charge is 0.240 e. The van der Waals surface area contributed by atoms with Gasteiger partial charge in [0.25, 0.3) is 0 Å². The first-order valence-corrected chi connectivity index (χ1v) is 9.88. The Morgan fingerprint density at radius 3 is 2.78 bits per heavy atom. The van der Waals surface area contributed by atoms with E-state index in [0.29, 0.717) is 26.1 Å². The molecule has 0 radical (unpaired) electrons. The van der Waals surface area contributed by atoms with Gasteiger partial charge in [0, 0.05) is 25.7 Å². The normalized spacial score (nSPS) is 25.0. The fourth-order valence-corrected chi connectivity index (χ4v) is 4.22. The maximum absolute atomic E-state index is 12.8. The summed E-state index contributed by atoms with van der Waals surface area (Å²) in [5.74, 6) is 0.0690. The molecule has 2 atom stereocenters. The summed E-state index contributed by atoms with van der Waals surface area (Å²) in [6, 6.07) is 7.75. The van der Waals surface area contributed by atoms with Crippen LogP contribution < -0.4 is 10.0 Å². The largest absolute Gasteiger partial charge is 0.340 e. The number of likely N-dealkylation sites (tertiary alicyclic amines) is 1. The Morgan fingerprint density at radius 1 is 1.30 bits per heavy atom. The molecule has 7 heteroatoms. The summed E-state index contributed by atoms with van der Waals surface area (Å²) in [4.78, 5) is 14.5. The van der Waals surface area contributed by atoms with Gasteiger partial charge in [-0.1, -0.05) is 24.3 Å². The van der Waals surface area contributed by atoms with Crippen LogP contribution in [0.5, 0.6) is 0 Å². The second-order valence-electron chi connectivity index (χ2n) is 6.42. The Hall–Kier alpha value is -1.44. The summed E-state index contributed by atoms with van der Waals surface area (Å²) < 4.78 is 25.4. The first-order chi connectivity index (χ1) is 10.9. The van der Waals surface area contributed by atoms with Gasteiger partial charge < -0.3 is 10.2 Å². The summed E-state index contributed by atoms with van der Waals surface area (Å²) in [6.45, 7) is 1.85. The molecule has 0 bridgehead atoms. The summed E-state index contributed by atoms with van der Waals surface area (Å²) in [7, 11) is -3.24. The van der Waals surface area contributed by atoms with E-state index in [1.165, 1.54) is 11.1 Å². The minimum Gasteiger partial charge on any atom is -0.340 e. The number of carbonyl (C=O) groups is 1. The molecule has 1 saturated heterocycles. The quantitative estimate of drug-likeness (QED) is 0.828. The van der Waals surface area contributed by atoms with Gasteiger partial charge in [0.2, 0.25) is 15.9 Å². The van der Waals surface area contributed by atoms with Crippen LogP contribution in [0.4, 0.5) is 0 Å². The van der Waals surface area contributed by atoms with Crippen LogP contribution in [0.15, 0.2) is 24.3 Å². The number of hydrogen-bond acceptors (Lipinski definition) is 4. The zero-order chi connectivity index (χ0) is 16.4. The zero-order valence-electron chi connectivity index (χ0n) is 13.3. The number of amides is 1. The van der Waals surface area contributed by atoms with Gasteiger partial charge in [-0.3, -0.25) is 4.79 Å². The molecule has 0 unspecified atom stereocenters. The highest BCUT2D eigenvalue weighted by atomic mass is 32.2. The molecule has 0 aliphatic carbocycles. The third kappa shape index (κ3) is 4.10. The molecule has 126 valence electrons. The number of fused-ring (bicyclic) bond motifs is 1. The predicted molar refractivity (Wildman–Crippen MR) is 88.4 cm³/mol. The lowest BCUT2D eigenvalue weighted by molar-refractivity contribution is -0.134. The number of sulfonamides is 1. The van der Waals surface area contributed by atoms with E-state index in [4.69, 9.17) is 0 Å². The molecule has 1 aromatic rings.